The Morgan fingerprint density at radius 1 is 1.16 bits per heavy atom. The van der Waals surface area contributed by atoms with Crippen molar-refractivity contribution in [3.8, 4) is 12.0 Å². The summed E-state index contributed by atoms with van der Waals surface area (Å²) in [7, 11) is 1.96. The Morgan fingerprint density at radius 2 is 1.94 bits per heavy atom. The van der Waals surface area contributed by atoms with Crippen molar-refractivity contribution in [2.75, 3.05) is 11.9 Å². The van der Waals surface area contributed by atoms with Gasteiger partial charge in [-0.15, -0.1) is 10.2 Å². The number of nitrogens with one attached hydrogen (secondary N) is 1. The third-order valence-corrected chi connectivity index (χ3v) is 4.47. The van der Waals surface area contributed by atoms with Crippen LogP contribution in [0, 0.1) is 12.0 Å². The van der Waals surface area contributed by atoms with E-state index in [-0.39, 0.29) is 0 Å². The average molecular weight is 414 g/mol. The largest absolute Gasteiger partial charge is 0.443 e. The van der Waals surface area contributed by atoms with Gasteiger partial charge in [0.15, 0.2) is 0 Å². The van der Waals surface area contributed by atoms with Crippen LogP contribution < -0.4 is 10.2 Å². The second-order valence-corrected chi connectivity index (χ2v) is 7.94. The first-order valence-electron chi connectivity index (χ1n) is 9.74. The monoisotopic (exact) mass is 414 g/mol. The smallest absolute Gasteiger partial charge is 0.419 e. The molecule has 31 heavy (non-hydrogen) atoms. The van der Waals surface area contributed by atoms with Crippen molar-refractivity contribution in [3.63, 3.8) is 0 Å². The fourth-order valence-electron chi connectivity index (χ4n) is 3.12. The highest BCUT2D eigenvalue weighted by molar-refractivity contribution is 5.94. The Kier molecular flexibility index (Phi) is 5.17. The zero-order valence-corrected chi connectivity index (χ0v) is 17.7. The van der Waals surface area contributed by atoms with Gasteiger partial charge >= 0.3 is 6.09 Å². The minimum absolute atomic E-state index is 0.488. The first kappa shape index (κ1) is 20.2. The summed E-state index contributed by atoms with van der Waals surface area (Å²) in [6.07, 6.45) is 1.03. The number of amides is 1. The van der Waals surface area contributed by atoms with E-state index in [1.165, 1.54) is 0 Å². The predicted molar refractivity (Wildman–Crippen MR) is 119 cm³/mol. The molecule has 8 heteroatoms. The van der Waals surface area contributed by atoms with E-state index in [1.807, 2.05) is 64.9 Å². The number of hydrogen-bond acceptors (Lipinski definition) is 6. The number of carbonyl (C=O) groups is 1. The average Bonchev–Trinajstić information content (AvgIpc) is 3.21. The molecule has 156 valence electrons. The topological polar surface area (TPSA) is 84.7 Å². The van der Waals surface area contributed by atoms with Crippen LogP contribution in [0.2, 0.25) is 0 Å². The maximum absolute atomic E-state index is 11.8. The van der Waals surface area contributed by atoms with Crippen molar-refractivity contribution >= 4 is 34.3 Å². The fraction of sp³-hybridized carbons (Fsp3) is 0.217. The van der Waals surface area contributed by atoms with Gasteiger partial charge < -0.3 is 9.64 Å². The molecule has 2 aromatic carbocycles. The van der Waals surface area contributed by atoms with Crippen LogP contribution in [0.3, 0.4) is 0 Å². The Hall–Kier alpha value is -4.12. The molecule has 0 saturated heterocycles. The lowest BCUT2D eigenvalue weighted by Crippen LogP contribution is -2.29. The molecule has 4 rings (SSSR count). The molecule has 0 unspecified atom stereocenters. The summed E-state index contributed by atoms with van der Waals surface area (Å²) in [4.78, 5) is 18.5. The molecule has 8 nitrogen and oxygen atoms in total. The van der Waals surface area contributed by atoms with Gasteiger partial charge in [-0.25, -0.2) is 10.1 Å². The van der Waals surface area contributed by atoms with Gasteiger partial charge in [-0.3, -0.25) is 4.40 Å². The number of carbonyl (C=O) groups excluding carboxylic acids is 1. The van der Waals surface area contributed by atoms with Crippen LogP contribution in [0.1, 0.15) is 26.3 Å². The second-order valence-electron chi connectivity index (χ2n) is 7.94. The minimum atomic E-state index is -0.585. The zero-order chi connectivity index (χ0) is 22.0. The van der Waals surface area contributed by atoms with Gasteiger partial charge in [-0.2, -0.15) is 4.98 Å². The van der Waals surface area contributed by atoms with Gasteiger partial charge in [0.2, 0.25) is 0 Å². The van der Waals surface area contributed by atoms with Crippen molar-refractivity contribution in [1.82, 2.24) is 24.9 Å². The van der Waals surface area contributed by atoms with Crippen molar-refractivity contribution in [2.24, 2.45) is 0 Å². The molecule has 0 saturated carbocycles. The van der Waals surface area contributed by atoms with Gasteiger partial charge in [-0.05, 0) is 57.0 Å². The van der Waals surface area contributed by atoms with E-state index in [4.69, 9.17) is 9.72 Å². The molecule has 0 aliphatic rings. The molecule has 0 aliphatic carbocycles. The number of rotatable bonds is 2. The SMILES string of the molecule is CN(c1ccccc1)c1nc2nncn2c2cc(C#CNC(=O)OC(C)(C)C)ccc12. The first-order valence-corrected chi connectivity index (χ1v) is 9.74. The molecule has 1 N–H and O–H groups in total. The number of ether oxygens (including phenoxy) is 1. The van der Waals surface area contributed by atoms with Crippen LogP contribution in [0.5, 0.6) is 0 Å². The molecule has 1 amide bonds. The Balaban J connectivity index is 1.72. The van der Waals surface area contributed by atoms with E-state index >= 15 is 0 Å². The van der Waals surface area contributed by atoms with Crippen LogP contribution in [0.4, 0.5) is 16.3 Å². The van der Waals surface area contributed by atoms with Crippen molar-refractivity contribution in [3.05, 3.63) is 60.4 Å². The number of hydrogen-bond donors (Lipinski definition) is 1. The lowest BCUT2D eigenvalue weighted by atomic mass is 10.1. The summed E-state index contributed by atoms with van der Waals surface area (Å²) >= 11 is 0. The van der Waals surface area contributed by atoms with Gasteiger partial charge in [0, 0.05) is 29.7 Å². The van der Waals surface area contributed by atoms with E-state index in [0.29, 0.717) is 5.78 Å². The maximum Gasteiger partial charge on any atom is 0.419 e. The maximum atomic E-state index is 11.8. The fourth-order valence-corrected chi connectivity index (χ4v) is 3.12. The second kappa shape index (κ2) is 7.95. The van der Waals surface area contributed by atoms with Crippen LogP contribution in [-0.2, 0) is 4.74 Å². The quantitative estimate of drug-likeness (QED) is 0.396. The molecule has 0 bridgehead atoms. The zero-order valence-electron chi connectivity index (χ0n) is 17.7. The normalized spacial score (nSPS) is 11.1. The van der Waals surface area contributed by atoms with Crippen molar-refractivity contribution in [1.29, 1.82) is 0 Å². The van der Waals surface area contributed by atoms with Crippen LogP contribution in [-0.4, -0.2) is 38.3 Å². The molecular formula is C23H22N6O2. The lowest BCUT2D eigenvalue weighted by molar-refractivity contribution is 0.0557. The van der Waals surface area contributed by atoms with Crippen LogP contribution >= 0.6 is 0 Å². The highest BCUT2D eigenvalue weighted by Crippen LogP contribution is 2.30. The van der Waals surface area contributed by atoms with Crippen molar-refractivity contribution < 1.29 is 9.53 Å². The standard InChI is InChI=1S/C23H22N6O2/c1-23(2,3)31-22(30)24-13-12-16-10-11-18-19(14-16)29-15-25-27-21(29)26-20(18)28(4)17-8-6-5-7-9-17/h5-11,14-15H,1-4H3,(H,24,30). The third kappa shape index (κ3) is 4.41. The Morgan fingerprint density at radius 3 is 2.68 bits per heavy atom. The molecule has 0 atom stereocenters. The van der Waals surface area contributed by atoms with E-state index < -0.39 is 11.7 Å². The molecule has 2 heterocycles. The van der Waals surface area contributed by atoms with Crippen LogP contribution in [0.15, 0.2) is 54.9 Å². The molecule has 0 spiro atoms. The Bertz CT molecular complexity index is 1310. The summed E-state index contributed by atoms with van der Waals surface area (Å²) in [5, 5.41) is 11.5. The number of para-hydroxylation sites is 1. The lowest BCUT2D eigenvalue weighted by Gasteiger charge is -2.20. The number of fused-ring (bicyclic) bond motifs is 3. The third-order valence-electron chi connectivity index (χ3n) is 4.47. The molecule has 2 aromatic heterocycles. The summed E-state index contributed by atoms with van der Waals surface area (Å²) in [5.41, 5.74) is 2.00. The highest BCUT2D eigenvalue weighted by atomic mass is 16.6. The predicted octanol–water partition coefficient (Wildman–Crippen LogP) is 3.88. The van der Waals surface area contributed by atoms with Gasteiger partial charge in [0.05, 0.1) is 5.52 Å². The Labute approximate surface area is 179 Å². The molecule has 0 aliphatic heterocycles. The highest BCUT2D eigenvalue weighted by Gasteiger charge is 2.16. The first-order chi connectivity index (χ1) is 14.8. The van der Waals surface area contributed by atoms with Crippen molar-refractivity contribution in [2.45, 2.75) is 26.4 Å². The van der Waals surface area contributed by atoms with E-state index in [2.05, 4.69) is 27.5 Å². The number of benzene rings is 2. The summed E-state index contributed by atoms with van der Waals surface area (Å²) in [6.45, 7) is 5.39. The van der Waals surface area contributed by atoms with E-state index in [0.717, 1.165) is 28.0 Å². The number of alkyl carbamates (subject to hydrolysis) is 1. The van der Waals surface area contributed by atoms with E-state index in [1.54, 1.807) is 27.1 Å². The number of nitrogens with zero attached hydrogens (tertiary/aromatic N) is 5. The summed E-state index contributed by atoms with van der Waals surface area (Å²) in [6, 6.07) is 18.4. The number of anilines is 2. The molecule has 0 fully saturated rings. The summed E-state index contributed by atoms with van der Waals surface area (Å²) in [5.74, 6) is 4.19. The number of aromatic nitrogens is 4. The van der Waals surface area contributed by atoms with Gasteiger partial charge in [0.1, 0.15) is 17.7 Å². The molecular weight excluding hydrogens is 392 g/mol. The van der Waals surface area contributed by atoms with Gasteiger partial charge in [0.25, 0.3) is 5.78 Å². The van der Waals surface area contributed by atoms with Gasteiger partial charge in [-0.1, -0.05) is 18.2 Å². The minimum Gasteiger partial charge on any atom is -0.443 e. The van der Waals surface area contributed by atoms with Crippen LogP contribution in [0.25, 0.3) is 16.7 Å². The molecule has 0 radical (unpaired) electrons. The molecule has 4 aromatic rings. The summed E-state index contributed by atoms with van der Waals surface area (Å²) < 4.78 is 7.00. The van der Waals surface area contributed by atoms with E-state index in [9.17, 15) is 4.79 Å².